The zero-order chi connectivity index (χ0) is 14.4. The highest BCUT2D eigenvalue weighted by molar-refractivity contribution is 6.30. The van der Waals surface area contributed by atoms with Gasteiger partial charge in [0.25, 0.3) is 0 Å². The van der Waals surface area contributed by atoms with Crippen LogP contribution in [-0.4, -0.2) is 36.7 Å². The SMILES string of the molecule is COc1ccc(Cl)cc1CC(=O)NCC(O)C(N)=O. The second-order valence-corrected chi connectivity index (χ2v) is 4.29. The van der Waals surface area contributed by atoms with Gasteiger partial charge in [-0.25, -0.2) is 0 Å². The van der Waals surface area contributed by atoms with Crippen LogP contribution in [-0.2, 0) is 16.0 Å². The Morgan fingerprint density at radius 3 is 2.79 bits per heavy atom. The standard InChI is InChI=1S/C12H15ClN2O4/c1-19-10-3-2-8(13)4-7(10)5-11(17)15-6-9(16)12(14)18/h2-4,9,16H,5-6H2,1H3,(H2,14,18)(H,15,17). The fourth-order valence-electron chi connectivity index (χ4n) is 1.43. The molecule has 1 rings (SSSR count). The first-order valence-electron chi connectivity index (χ1n) is 5.50. The molecule has 1 aromatic rings. The summed E-state index contributed by atoms with van der Waals surface area (Å²) in [6.45, 7) is -0.225. The summed E-state index contributed by atoms with van der Waals surface area (Å²) < 4.78 is 5.10. The minimum absolute atomic E-state index is 0.0230. The van der Waals surface area contributed by atoms with Gasteiger partial charge in [-0.05, 0) is 18.2 Å². The van der Waals surface area contributed by atoms with Crippen LogP contribution in [0.4, 0.5) is 0 Å². The van der Waals surface area contributed by atoms with Crippen LogP contribution in [0.2, 0.25) is 5.02 Å². The Hall–Kier alpha value is -1.79. The third-order valence-corrected chi connectivity index (χ3v) is 2.65. The molecule has 6 nitrogen and oxygen atoms in total. The maximum absolute atomic E-state index is 11.6. The lowest BCUT2D eigenvalue weighted by Gasteiger charge is -2.11. The van der Waals surface area contributed by atoms with Gasteiger partial charge in [-0.1, -0.05) is 11.6 Å². The number of nitrogens with one attached hydrogen (secondary N) is 1. The number of aliphatic hydroxyl groups excluding tert-OH is 1. The Labute approximate surface area is 115 Å². The summed E-state index contributed by atoms with van der Waals surface area (Å²) in [6.07, 6.45) is -1.37. The molecule has 1 atom stereocenters. The summed E-state index contributed by atoms with van der Waals surface area (Å²) in [5.74, 6) is -0.725. The maximum atomic E-state index is 11.6. The lowest BCUT2D eigenvalue weighted by atomic mass is 10.1. The van der Waals surface area contributed by atoms with E-state index < -0.39 is 12.0 Å². The molecule has 1 unspecified atom stereocenters. The van der Waals surface area contributed by atoms with Crippen molar-refractivity contribution < 1.29 is 19.4 Å². The molecule has 0 bridgehead atoms. The van der Waals surface area contributed by atoms with Gasteiger partial charge in [-0.3, -0.25) is 9.59 Å². The van der Waals surface area contributed by atoms with E-state index in [1.165, 1.54) is 7.11 Å². The number of hydrogen-bond acceptors (Lipinski definition) is 4. The third kappa shape index (κ3) is 4.76. The summed E-state index contributed by atoms with van der Waals surface area (Å²) in [5, 5.41) is 12.0. The van der Waals surface area contributed by atoms with Gasteiger partial charge in [-0.2, -0.15) is 0 Å². The number of halogens is 1. The molecule has 0 heterocycles. The van der Waals surface area contributed by atoms with Gasteiger partial charge in [0.05, 0.1) is 20.1 Å². The Kier molecular flexibility index (Phi) is 5.59. The number of carbonyl (C=O) groups excluding carboxylic acids is 2. The van der Waals surface area contributed by atoms with Crippen molar-refractivity contribution in [2.24, 2.45) is 5.73 Å². The lowest BCUT2D eigenvalue weighted by Crippen LogP contribution is -2.40. The molecule has 0 aliphatic carbocycles. The summed E-state index contributed by atoms with van der Waals surface area (Å²) in [6, 6.07) is 4.92. The number of benzene rings is 1. The van der Waals surface area contributed by atoms with E-state index in [0.717, 1.165) is 0 Å². The van der Waals surface area contributed by atoms with Gasteiger partial charge in [0.1, 0.15) is 11.9 Å². The first-order chi connectivity index (χ1) is 8.93. The molecule has 0 aliphatic heterocycles. The van der Waals surface area contributed by atoms with E-state index in [-0.39, 0.29) is 18.9 Å². The zero-order valence-electron chi connectivity index (χ0n) is 10.4. The summed E-state index contributed by atoms with van der Waals surface area (Å²) in [4.78, 5) is 22.2. The minimum atomic E-state index is -1.40. The Balaban J connectivity index is 2.62. The topological polar surface area (TPSA) is 102 Å². The van der Waals surface area contributed by atoms with Gasteiger partial charge in [0, 0.05) is 10.6 Å². The van der Waals surface area contributed by atoms with Gasteiger partial charge in [0.15, 0.2) is 0 Å². The average molecular weight is 287 g/mol. The minimum Gasteiger partial charge on any atom is -0.496 e. The van der Waals surface area contributed by atoms with Crippen molar-refractivity contribution in [1.29, 1.82) is 0 Å². The molecule has 104 valence electrons. The molecule has 19 heavy (non-hydrogen) atoms. The number of aliphatic hydroxyl groups is 1. The fourth-order valence-corrected chi connectivity index (χ4v) is 1.63. The monoisotopic (exact) mass is 286 g/mol. The van der Waals surface area contributed by atoms with Crippen LogP contribution in [0.5, 0.6) is 5.75 Å². The van der Waals surface area contributed by atoms with Gasteiger partial charge in [0.2, 0.25) is 11.8 Å². The Morgan fingerprint density at radius 1 is 1.53 bits per heavy atom. The predicted octanol–water partition coefficient (Wildman–Crippen LogP) is -0.147. The largest absolute Gasteiger partial charge is 0.496 e. The van der Waals surface area contributed by atoms with E-state index in [1.54, 1.807) is 18.2 Å². The Bertz CT molecular complexity index is 479. The number of ether oxygens (including phenoxy) is 1. The summed E-state index contributed by atoms with van der Waals surface area (Å²) in [7, 11) is 1.49. The molecule has 0 saturated carbocycles. The highest BCUT2D eigenvalue weighted by Crippen LogP contribution is 2.22. The molecule has 4 N–H and O–H groups in total. The lowest BCUT2D eigenvalue weighted by molar-refractivity contribution is -0.126. The second-order valence-electron chi connectivity index (χ2n) is 3.86. The fraction of sp³-hybridized carbons (Fsp3) is 0.333. The Morgan fingerprint density at radius 2 is 2.21 bits per heavy atom. The van der Waals surface area contributed by atoms with Crippen molar-refractivity contribution in [2.75, 3.05) is 13.7 Å². The van der Waals surface area contributed by atoms with E-state index >= 15 is 0 Å². The molecule has 0 aliphatic rings. The summed E-state index contributed by atoms with van der Waals surface area (Å²) in [5.41, 5.74) is 5.47. The molecule has 0 spiro atoms. The van der Waals surface area contributed by atoms with E-state index in [9.17, 15) is 9.59 Å². The van der Waals surface area contributed by atoms with Gasteiger partial charge < -0.3 is 20.9 Å². The van der Waals surface area contributed by atoms with Crippen LogP contribution in [0.3, 0.4) is 0 Å². The quantitative estimate of drug-likeness (QED) is 0.677. The molecule has 1 aromatic carbocycles. The predicted molar refractivity (Wildman–Crippen MR) is 69.9 cm³/mol. The first-order valence-corrected chi connectivity index (χ1v) is 5.88. The van der Waals surface area contributed by atoms with Crippen molar-refractivity contribution in [1.82, 2.24) is 5.32 Å². The second kappa shape index (κ2) is 6.96. The van der Waals surface area contributed by atoms with Gasteiger partial charge in [-0.15, -0.1) is 0 Å². The number of primary amides is 1. The van der Waals surface area contributed by atoms with Crippen molar-refractivity contribution in [2.45, 2.75) is 12.5 Å². The normalized spacial score (nSPS) is 11.7. The van der Waals surface area contributed by atoms with Crippen LogP contribution < -0.4 is 15.8 Å². The number of amides is 2. The van der Waals surface area contributed by atoms with E-state index in [1.807, 2.05) is 0 Å². The molecule has 7 heteroatoms. The van der Waals surface area contributed by atoms with Crippen molar-refractivity contribution in [3.63, 3.8) is 0 Å². The molecular weight excluding hydrogens is 272 g/mol. The number of hydrogen-bond donors (Lipinski definition) is 3. The smallest absolute Gasteiger partial charge is 0.248 e. The van der Waals surface area contributed by atoms with Crippen LogP contribution in [0.25, 0.3) is 0 Å². The van der Waals surface area contributed by atoms with Gasteiger partial charge >= 0.3 is 0 Å². The van der Waals surface area contributed by atoms with Crippen molar-refractivity contribution in [3.8, 4) is 5.75 Å². The number of rotatable bonds is 6. The van der Waals surface area contributed by atoms with E-state index in [4.69, 9.17) is 27.2 Å². The number of carbonyl (C=O) groups is 2. The molecule has 0 radical (unpaired) electrons. The van der Waals surface area contributed by atoms with Crippen molar-refractivity contribution >= 4 is 23.4 Å². The number of nitrogens with two attached hydrogens (primary N) is 1. The zero-order valence-corrected chi connectivity index (χ0v) is 11.1. The molecule has 0 saturated heterocycles. The van der Waals surface area contributed by atoms with Crippen LogP contribution in [0, 0.1) is 0 Å². The highest BCUT2D eigenvalue weighted by Gasteiger charge is 2.14. The maximum Gasteiger partial charge on any atom is 0.248 e. The molecule has 0 fully saturated rings. The number of methoxy groups -OCH3 is 1. The summed E-state index contributed by atoms with van der Waals surface area (Å²) >= 11 is 5.84. The van der Waals surface area contributed by atoms with Crippen LogP contribution in [0.1, 0.15) is 5.56 Å². The van der Waals surface area contributed by atoms with Crippen LogP contribution in [0.15, 0.2) is 18.2 Å². The van der Waals surface area contributed by atoms with E-state index in [0.29, 0.717) is 16.3 Å². The molecule has 2 amide bonds. The third-order valence-electron chi connectivity index (χ3n) is 2.41. The van der Waals surface area contributed by atoms with Crippen molar-refractivity contribution in [3.05, 3.63) is 28.8 Å². The first kappa shape index (κ1) is 15.3. The van der Waals surface area contributed by atoms with E-state index in [2.05, 4.69) is 5.32 Å². The highest BCUT2D eigenvalue weighted by atomic mass is 35.5. The molecular formula is C12H15ClN2O4. The molecule has 0 aromatic heterocycles. The average Bonchev–Trinajstić information content (AvgIpc) is 2.36. The van der Waals surface area contributed by atoms with Crippen LogP contribution >= 0.6 is 11.6 Å².